The standard InChI is InChI=1S/C26H22BrN3O6/c1-33-23-13-17(10-19(27)24(23)34-2)14-28-30-26(32)20(29-25(31)18-6-4-3-5-7-18)11-16-8-9-21-22(12-16)36-15-35-21/h3-14H,15H2,1-2H3,(H,29,31)(H,30,32). The Morgan fingerprint density at radius 1 is 0.972 bits per heavy atom. The van der Waals surface area contributed by atoms with Crippen LogP contribution in [-0.2, 0) is 4.79 Å². The normalized spacial score (nSPS) is 12.4. The maximum absolute atomic E-state index is 13.0. The molecule has 0 saturated heterocycles. The number of ether oxygens (including phenoxy) is 4. The first-order valence-electron chi connectivity index (χ1n) is 10.7. The number of hydrogen-bond donors (Lipinski definition) is 2. The van der Waals surface area contributed by atoms with Gasteiger partial charge in [-0.25, -0.2) is 5.43 Å². The lowest BCUT2D eigenvalue weighted by Crippen LogP contribution is -2.32. The molecule has 36 heavy (non-hydrogen) atoms. The van der Waals surface area contributed by atoms with Gasteiger partial charge in [-0.1, -0.05) is 24.3 Å². The summed E-state index contributed by atoms with van der Waals surface area (Å²) in [7, 11) is 3.06. The summed E-state index contributed by atoms with van der Waals surface area (Å²) in [6.07, 6.45) is 2.97. The molecule has 2 N–H and O–H groups in total. The van der Waals surface area contributed by atoms with E-state index in [1.165, 1.54) is 26.5 Å². The van der Waals surface area contributed by atoms with Crippen molar-refractivity contribution in [3.05, 3.63) is 87.5 Å². The van der Waals surface area contributed by atoms with E-state index < -0.39 is 11.8 Å². The van der Waals surface area contributed by atoms with Crippen LogP contribution in [0.1, 0.15) is 21.5 Å². The molecule has 10 heteroatoms. The Balaban J connectivity index is 1.56. The van der Waals surface area contributed by atoms with E-state index in [2.05, 4.69) is 31.8 Å². The van der Waals surface area contributed by atoms with Crippen LogP contribution >= 0.6 is 15.9 Å². The summed E-state index contributed by atoms with van der Waals surface area (Å²) in [5, 5.41) is 6.70. The summed E-state index contributed by atoms with van der Waals surface area (Å²) in [4.78, 5) is 25.8. The van der Waals surface area contributed by atoms with Crippen molar-refractivity contribution in [1.29, 1.82) is 0 Å². The van der Waals surface area contributed by atoms with E-state index in [4.69, 9.17) is 18.9 Å². The molecule has 3 aromatic rings. The van der Waals surface area contributed by atoms with Gasteiger partial charge in [0.15, 0.2) is 23.0 Å². The fraction of sp³-hybridized carbons (Fsp3) is 0.115. The summed E-state index contributed by atoms with van der Waals surface area (Å²) >= 11 is 3.42. The van der Waals surface area contributed by atoms with Gasteiger partial charge in [-0.15, -0.1) is 0 Å². The molecule has 0 radical (unpaired) electrons. The van der Waals surface area contributed by atoms with Crippen LogP contribution in [0.15, 0.2) is 75.9 Å². The smallest absolute Gasteiger partial charge is 0.287 e. The molecule has 0 bridgehead atoms. The lowest BCUT2D eigenvalue weighted by Gasteiger charge is -2.11. The molecule has 2 amide bonds. The van der Waals surface area contributed by atoms with Gasteiger partial charge in [-0.2, -0.15) is 5.10 Å². The zero-order chi connectivity index (χ0) is 25.5. The quantitative estimate of drug-likeness (QED) is 0.248. The lowest BCUT2D eigenvalue weighted by atomic mass is 10.1. The Labute approximate surface area is 215 Å². The van der Waals surface area contributed by atoms with E-state index in [0.717, 1.165) is 0 Å². The second kappa shape index (κ2) is 11.4. The van der Waals surface area contributed by atoms with E-state index in [1.54, 1.807) is 60.7 Å². The molecule has 9 nitrogen and oxygen atoms in total. The molecular formula is C26H22BrN3O6. The maximum atomic E-state index is 13.0. The van der Waals surface area contributed by atoms with Gasteiger partial charge >= 0.3 is 0 Å². The minimum Gasteiger partial charge on any atom is -0.493 e. The van der Waals surface area contributed by atoms with Crippen molar-refractivity contribution in [2.45, 2.75) is 0 Å². The van der Waals surface area contributed by atoms with Gasteiger partial charge in [-0.3, -0.25) is 9.59 Å². The number of hydrogen-bond acceptors (Lipinski definition) is 7. The van der Waals surface area contributed by atoms with Gasteiger partial charge in [0.25, 0.3) is 11.8 Å². The summed E-state index contributed by atoms with van der Waals surface area (Å²) in [6.45, 7) is 0.127. The Hall–Kier alpha value is -4.31. The van der Waals surface area contributed by atoms with Crippen LogP contribution in [0.2, 0.25) is 0 Å². The number of nitrogens with one attached hydrogen (secondary N) is 2. The van der Waals surface area contributed by atoms with Crippen molar-refractivity contribution in [3.63, 3.8) is 0 Å². The van der Waals surface area contributed by atoms with Crippen molar-refractivity contribution < 1.29 is 28.5 Å². The third-order valence-corrected chi connectivity index (χ3v) is 5.66. The highest BCUT2D eigenvalue weighted by atomic mass is 79.9. The Morgan fingerprint density at radius 2 is 1.75 bits per heavy atom. The molecule has 1 aliphatic heterocycles. The number of carbonyl (C=O) groups is 2. The van der Waals surface area contributed by atoms with Gasteiger partial charge in [-0.05, 0) is 69.5 Å². The Bertz CT molecular complexity index is 1340. The highest BCUT2D eigenvalue weighted by molar-refractivity contribution is 9.10. The van der Waals surface area contributed by atoms with Crippen LogP contribution in [0.3, 0.4) is 0 Å². The average Bonchev–Trinajstić information content (AvgIpc) is 3.36. The SMILES string of the molecule is COc1cc(C=NNC(=O)C(=Cc2ccc3c(c2)OCO3)NC(=O)c2ccccc2)cc(Br)c1OC. The molecule has 3 aromatic carbocycles. The van der Waals surface area contributed by atoms with Crippen LogP contribution in [0.5, 0.6) is 23.0 Å². The number of halogens is 1. The van der Waals surface area contributed by atoms with Crippen LogP contribution in [0.4, 0.5) is 0 Å². The van der Waals surface area contributed by atoms with Crippen molar-refractivity contribution in [2.75, 3.05) is 21.0 Å². The molecule has 0 aliphatic carbocycles. The molecule has 0 fully saturated rings. The molecule has 0 atom stereocenters. The highest BCUT2D eigenvalue weighted by Gasteiger charge is 2.17. The van der Waals surface area contributed by atoms with E-state index in [9.17, 15) is 9.59 Å². The zero-order valence-electron chi connectivity index (χ0n) is 19.4. The predicted molar refractivity (Wildman–Crippen MR) is 137 cm³/mol. The number of amides is 2. The zero-order valence-corrected chi connectivity index (χ0v) is 21.0. The summed E-state index contributed by atoms with van der Waals surface area (Å²) in [5.41, 5.74) is 4.13. The molecule has 184 valence electrons. The number of rotatable bonds is 8. The molecule has 1 heterocycles. The predicted octanol–water partition coefficient (Wildman–Crippen LogP) is 4.12. The number of fused-ring (bicyclic) bond motifs is 1. The highest BCUT2D eigenvalue weighted by Crippen LogP contribution is 2.36. The number of hydrazone groups is 1. The van der Waals surface area contributed by atoms with Crippen LogP contribution < -0.4 is 29.7 Å². The molecule has 0 saturated carbocycles. The number of methoxy groups -OCH3 is 2. The first-order chi connectivity index (χ1) is 17.5. The van der Waals surface area contributed by atoms with E-state index in [1.807, 2.05) is 0 Å². The van der Waals surface area contributed by atoms with E-state index >= 15 is 0 Å². The van der Waals surface area contributed by atoms with Gasteiger partial charge in [0.2, 0.25) is 6.79 Å². The van der Waals surface area contributed by atoms with Crippen LogP contribution in [0, 0.1) is 0 Å². The topological polar surface area (TPSA) is 107 Å². The first kappa shape index (κ1) is 24.8. The van der Waals surface area contributed by atoms with Crippen molar-refractivity contribution in [1.82, 2.24) is 10.7 Å². The fourth-order valence-electron chi connectivity index (χ4n) is 3.35. The third-order valence-electron chi connectivity index (χ3n) is 5.07. The van der Waals surface area contributed by atoms with Gasteiger partial charge in [0, 0.05) is 5.56 Å². The summed E-state index contributed by atoms with van der Waals surface area (Å²) in [6, 6.07) is 17.2. The number of carbonyl (C=O) groups excluding carboxylic acids is 2. The molecule has 1 aliphatic rings. The fourth-order valence-corrected chi connectivity index (χ4v) is 3.97. The van der Waals surface area contributed by atoms with Gasteiger partial charge in [0.1, 0.15) is 5.70 Å². The van der Waals surface area contributed by atoms with Crippen molar-refractivity contribution in [2.24, 2.45) is 5.10 Å². The Morgan fingerprint density at radius 3 is 2.50 bits per heavy atom. The largest absolute Gasteiger partial charge is 0.493 e. The lowest BCUT2D eigenvalue weighted by molar-refractivity contribution is -0.117. The Kier molecular flexibility index (Phi) is 7.86. The second-order valence-corrected chi connectivity index (χ2v) is 8.28. The molecule has 4 rings (SSSR count). The van der Waals surface area contributed by atoms with Gasteiger partial charge in [0.05, 0.1) is 24.9 Å². The first-order valence-corrected chi connectivity index (χ1v) is 11.5. The molecular weight excluding hydrogens is 530 g/mol. The molecule has 0 aromatic heterocycles. The summed E-state index contributed by atoms with van der Waals surface area (Å²) < 4.78 is 22.0. The van der Waals surface area contributed by atoms with Gasteiger partial charge < -0.3 is 24.3 Å². The minimum absolute atomic E-state index is 0.00615. The number of nitrogens with zero attached hydrogens (tertiary/aromatic N) is 1. The molecule has 0 spiro atoms. The van der Waals surface area contributed by atoms with Crippen molar-refractivity contribution in [3.8, 4) is 23.0 Å². The minimum atomic E-state index is -0.618. The second-order valence-electron chi connectivity index (χ2n) is 7.43. The number of benzene rings is 3. The van der Waals surface area contributed by atoms with E-state index in [-0.39, 0.29) is 12.5 Å². The van der Waals surface area contributed by atoms with Crippen LogP contribution in [0.25, 0.3) is 6.08 Å². The monoisotopic (exact) mass is 551 g/mol. The maximum Gasteiger partial charge on any atom is 0.287 e. The van der Waals surface area contributed by atoms with E-state index in [0.29, 0.717) is 44.2 Å². The van der Waals surface area contributed by atoms with Crippen LogP contribution in [-0.4, -0.2) is 39.0 Å². The summed E-state index contributed by atoms with van der Waals surface area (Å²) in [5.74, 6) is 1.14. The molecule has 0 unspecified atom stereocenters. The van der Waals surface area contributed by atoms with Crippen molar-refractivity contribution >= 4 is 40.0 Å². The third kappa shape index (κ3) is 5.84. The average molecular weight is 552 g/mol.